The number of nitrogens with one attached hydrogen (secondary N) is 1. The Balaban J connectivity index is 1.89. The van der Waals surface area contributed by atoms with Crippen LogP contribution in [-0.2, 0) is 4.79 Å². The van der Waals surface area contributed by atoms with E-state index in [2.05, 4.69) is 29.2 Å². The summed E-state index contributed by atoms with van der Waals surface area (Å²) in [6.45, 7) is 6.38. The molecule has 0 radical (unpaired) electrons. The van der Waals surface area contributed by atoms with Gasteiger partial charge in [-0.25, -0.2) is 0 Å². The standard InChI is InChI=1S/C15H30N4O/c1-4-17-15(14(16)20)7-5-13(9-15)19(3)11-12-6-8-18(2)10-12/h12-13,17H,4-11H2,1-3H3,(H2,16,20). The van der Waals surface area contributed by atoms with Crippen LogP contribution in [-0.4, -0.2) is 67.6 Å². The molecular formula is C15H30N4O. The highest BCUT2D eigenvalue weighted by Crippen LogP contribution is 2.33. The molecule has 0 aromatic heterocycles. The van der Waals surface area contributed by atoms with Gasteiger partial charge in [-0.05, 0) is 58.8 Å². The van der Waals surface area contributed by atoms with Crippen LogP contribution in [0.1, 0.15) is 32.6 Å². The molecule has 1 saturated carbocycles. The van der Waals surface area contributed by atoms with E-state index in [9.17, 15) is 4.79 Å². The lowest BCUT2D eigenvalue weighted by molar-refractivity contribution is -0.124. The van der Waals surface area contributed by atoms with Gasteiger partial charge in [-0.3, -0.25) is 4.79 Å². The number of nitrogens with two attached hydrogens (primary N) is 1. The molecule has 5 heteroatoms. The number of likely N-dealkylation sites (N-methyl/N-ethyl adjacent to an activating group) is 1. The number of likely N-dealkylation sites (tertiary alicyclic amines) is 1. The molecule has 116 valence electrons. The number of nitrogens with zero attached hydrogens (tertiary/aromatic N) is 2. The molecule has 0 bridgehead atoms. The topological polar surface area (TPSA) is 61.6 Å². The summed E-state index contributed by atoms with van der Waals surface area (Å²) >= 11 is 0. The summed E-state index contributed by atoms with van der Waals surface area (Å²) in [4.78, 5) is 16.7. The number of primary amides is 1. The fourth-order valence-corrected chi connectivity index (χ4v) is 3.94. The van der Waals surface area contributed by atoms with Gasteiger partial charge < -0.3 is 20.9 Å². The summed E-state index contributed by atoms with van der Waals surface area (Å²) in [5.74, 6) is 0.587. The zero-order valence-electron chi connectivity index (χ0n) is 13.2. The summed E-state index contributed by atoms with van der Waals surface area (Å²) in [5.41, 5.74) is 5.16. The Kier molecular flexibility index (Phi) is 5.04. The number of carbonyl (C=O) groups excluding carboxylic acids is 1. The van der Waals surface area contributed by atoms with E-state index in [1.807, 2.05) is 6.92 Å². The van der Waals surface area contributed by atoms with Crippen molar-refractivity contribution >= 4 is 5.91 Å². The first-order valence-electron chi connectivity index (χ1n) is 7.90. The van der Waals surface area contributed by atoms with Crippen molar-refractivity contribution in [1.29, 1.82) is 0 Å². The van der Waals surface area contributed by atoms with Crippen LogP contribution in [0.4, 0.5) is 0 Å². The molecule has 0 aromatic rings. The van der Waals surface area contributed by atoms with Gasteiger partial charge in [-0.1, -0.05) is 6.92 Å². The smallest absolute Gasteiger partial charge is 0.237 e. The first kappa shape index (κ1) is 15.7. The maximum Gasteiger partial charge on any atom is 0.237 e. The summed E-state index contributed by atoms with van der Waals surface area (Å²) in [5, 5.41) is 3.33. The van der Waals surface area contributed by atoms with Gasteiger partial charge >= 0.3 is 0 Å². The molecule has 1 aliphatic heterocycles. The minimum absolute atomic E-state index is 0.184. The molecule has 2 aliphatic rings. The molecule has 3 atom stereocenters. The average Bonchev–Trinajstić information content (AvgIpc) is 2.98. The Morgan fingerprint density at radius 1 is 1.50 bits per heavy atom. The highest BCUT2D eigenvalue weighted by Gasteiger charge is 2.44. The summed E-state index contributed by atoms with van der Waals surface area (Å²) in [6, 6.07) is 0.479. The van der Waals surface area contributed by atoms with Gasteiger partial charge in [-0.2, -0.15) is 0 Å². The predicted molar refractivity (Wildman–Crippen MR) is 81.5 cm³/mol. The fourth-order valence-electron chi connectivity index (χ4n) is 3.94. The molecule has 3 unspecified atom stereocenters. The molecule has 5 nitrogen and oxygen atoms in total. The van der Waals surface area contributed by atoms with Crippen molar-refractivity contribution in [3.05, 3.63) is 0 Å². The van der Waals surface area contributed by atoms with Crippen LogP contribution >= 0.6 is 0 Å². The van der Waals surface area contributed by atoms with Gasteiger partial charge in [0.1, 0.15) is 0 Å². The third kappa shape index (κ3) is 3.32. The highest BCUT2D eigenvalue weighted by molar-refractivity contribution is 5.85. The molecule has 1 aliphatic carbocycles. The van der Waals surface area contributed by atoms with Crippen molar-refractivity contribution in [3.63, 3.8) is 0 Å². The van der Waals surface area contributed by atoms with E-state index in [4.69, 9.17) is 5.73 Å². The van der Waals surface area contributed by atoms with Gasteiger partial charge in [0.05, 0.1) is 5.54 Å². The van der Waals surface area contributed by atoms with E-state index >= 15 is 0 Å². The Hall–Kier alpha value is -0.650. The molecule has 2 rings (SSSR count). The molecule has 0 aromatic carbocycles. The van der Waals surface area contributed by atoms with E-state index < -0.39 is 5.54 Å². The van der Waals surface area contributed by atoms with Gasteiger partial charge in [0.2, 0.25) is 5.91 Å². The second-order valence-corrected chi connectivity index (χ2v) is 6.73. The molecule has 20 heavy (non-hydrogen) atoms. The number of rotatable bonds is 6. The SMILES string of the molecule is CCNC1(C(N)=O)CCC(N(C)CC2CCN(C)C2)C1. The van der Waals surface area contributed by atoms with Crippen molar-refractivity contribution in [2.45, 2.75) is 44.2 Å². The highest BCUT2D eigenvalue weighted by atomic mass is 16.1. The van der Waals surface area contributed by atoms with Crippen LogP contribution in [0, 0.1) is 5.92 Å². The quantitative estimate of drug-likeness (QED) is 0.733. The molecule has 1 amide bonds. The Morgan fingerprint density at radius 3 is 2.80 bits per heavy atom. The van der Waals surface area contributed by atoms with E-state index in [0.717, 1.165) is 38.3 Å². The van der Waals surface area contributed by atoms with Crippen LogP contribution in [0.2, 0.25) is 0 Å². The van der Waals surface area contributed by atoms with Crippen molar-refractivity contribution in [2.75, 3.05) is 40.3 Å². The lowest BCUT2D eigenvalue weighted by Gasteiger charge is -2.30. The van der Waals surface area contributed by atoms with Gasteiger partial charge in [-0.15, -0.1) is 0 Å². The normalized spacial score (nSPS) is 35.0. The second-order valence-electron chi connectivity index (χ2n) is 6.73. The maximum absolute atomic E-state index is 11.8. The van der Waals surface area contributed by atoms with Gasteiger partial charge in [0.15, 0.2) is 0 Å². The first-order valence-corrected chi connectivity index (χ1v) is 7.90. The number of carbonyl (C=O) groups is 1. The first-order chi connectivity index (χ1) is 9.47. The summed E-state index contributed by atoms with van der Waals surface area (Å²) in [6.07, 6.45) is 4.09. The Morgan fingerprint density at radius 2 is 2.25 bits per heavy atom. The molecule has 3 N–H and O–H groups in total. The third-order valence-electron chi connectivity index (χ3n) is 5.13. The van der Waals surface area contributed by atoms with Crippen molar-refractivity contribution in [3.8, 4) is 0 Å². The summed E-state index contributed by atoms with van der Waals surface area (Å²) < 4.78 is 0. The predicted octanol–water partition coefficient (Wildman–Crippen LogP) is 0.256. The van der Waals surface area contributed by atoms with Crippen molar-refractivity contribution in [2.24, 2.45) is 11.7 Å². The minimum atomic E-state index is -0.472. The maximum atomic E-state index is 11.8. The van der Waals surface area contributed by atoms with Crippen LogP contribution in [0.15, 0.2) is 0 Å². The third-order valence-corrected chi connectivity index (χ3v) is 5.13. The van der Waals surface area contributed by atoms with Gasteiger partial charge in [0, 0.05) is 19.1 Å². The largest absolute Gasteiger partial charge is 0.368 e. The zero-order chi connectivity index (χ0) is 14.8. The van der Waals surface area contributed by atoms with E-state index in [1.54, 1.807) is 0 Å². The van der Waals surface area contributed by atoms with Crippen molar-refractivity contribution < 1.29 is 4.79 Å². The van der Waals surface area contributed by atoms with Crippen LogP contribution in [0.3, 0.4) is 0 Å². The van der Waals surface area contributed by atoms with E-state index in [1.165, 1.54) is 19.5 Å². The van der Waals surface area contributed by atoms with Crippen LogP contribution in [0.5, 0.6) is 0 Å². The van der Waals surface area contributed by atoms with Gasteiger partial charge in [0.25, 0.3) is 0 Å². The fraction of sp³-hybridized carbons (Fsp3) is 0.933. The molecular weight excluding hydrogens is 252 g/mol. The number of hydrogen-bond acceptors (Lipinski definition) is 4. The second kappa shape index (κ2) is 6.41. The van der Waals surface area contributed by atoms with Crippen molar-refractivity contribution in [1.82, 2.24) is 15.1 Å². The molecule has 1 saturated heterocycles. The molecule has 2 fully saturated rings. The summed E-state index contributed by atoms with van der Waals surface area (Å²) in [7, 11) is 4.39. The Bertz CT molecular complexity index is 349. The number of hydrogen-bond donors (Lipinski definition) is 2. The minimum Gasteiger partial charge on any atom is -0.368 e. The van der Waals surface area contributed by atoms with Crippen LogP contribution < -0.4 is 11.1 Å². The monoisotopic (exact) mass is 282 g/mol. The average molecular weight is 282 g/mol. The zero-order valence-corrected chi connectivity index (χ0v) is 13.2. The van der Waals surface area contributed by atoms with E-state index in [-0.39, 0.29) is 5.91 Å². The van der Waals surface area contributed by atoms with Crippen LogP contribution in [0.25, 0.3) is 0 Å². The lowest BCUT2D eigenvalue weighted by atomic mass is 9.96. The van der Waals surface area contributed by atoms with E-state index in [0.29, 0.717) is 6.04 Å². The molecule has 1 heterocycles. The Labute approximate surface area is 122 Å². The number of amides is 1. The lowest BCUT2D eigenvalue weighted by Crippen LogP contribution is -2.54. The molecule has 0 spiro atoms.